The van der Waals surface area contributed by atoms with Crippen molar-refractivity contribution in [3.05, 3.63) is 128 Å². The van der Waals surface area contributed by atoms with Crippen LogP contribution in [0, 0.1) is 37.5 Å². The Kier molecular flexibility index (Phi) is 12.0. The van der Waals surface area contributed by atoms with Gasteiger partial charge in [-0.3, -0.25) is 0 Å². The Hall–Kier alpha value is -4.62. The molecule has 0 spiro atoms. The first-order chi connectivity index (χ1) is 21.3. The lowest BCUT2D eigenvalue weighted by Crippen LogP contribution is -2.02. The number of hydrogen-bond acceptors (Lipinski definition) is 6. The van der Waals surface area contributed by atoms with Crippen LogP contribution in [0.25, 0.3) is 11.1 Å². The average molecular weight is 619 g/mol. The zero-order chi connectivity index (χ0) is 31.3. The lowest BCUT2D eigenvalue weighted by molar-refractivity contribution is -0.138. The molecular formula is C38H34O4S2. The van der Waals surface area contributed by atoms with E-state index >= 15 is 0 Å². The van der Waals surface area contributed by atoms with Crippen molar-refractivity contribution in [2.24, 2.45) is 0 Å². The van der Waals surface area contributed by atoms with Crippen molar-refractivity contribution in [3.63, 3.8) is 0 Å². The molecule has 6 heteroatoms. The Morgan fingerprint density at radius 1 is 0.682 bits per heavy atom. The van der Waals surface area contributed by atoms with Crippen molar-refractivity contribution in [1.82, 2.24) is 0 Å². The Bertz CT molecular complexity index is 1740. The van der Waals surface area contributed by atoms with Gasteiger partial charge in [0.05, 0.1) is 23.0 Å². The van der Waals surface area contributed by atoms with Gasteiger partial charge in [0.25, 0.3) is 0 Å². The van der Waals surface area contributed by atoms with Crippen LogP contribution in [-0.2, 0) is 31.9 Å². The van der Waals surface area contributed by atoms with Crippen LogP contribution in [-0.4, -0.2) is 25.2 Å². The third kappa shape index (κ3) is 9.71. The fourth-order valence-corrected chi connectivity index (χ4v) is 6.40. The van der Waals surface area contributed by atoms with Crippen LogP contribution in [0.2, 0.25) is 0 Å². The van der Waals surface area contributed by atoms with Crippen LogP contribution >= 0.6 is 22.7 Å². The zero-order valence-electron chi connectivity index (χ0n) is 25.0. The highest BCUT2D eigenvalue weighted by molar-refractivity contribution is 7.12. The molecule has 2 heterocycles. The maximum atomic E-state index is 11.2. The summed E-state index contributed by atoms with van der Waals surface area (Å²) in [5.74, 6) is 12.4. The van der Waals surface area contributed by atoms with Gasteiger partial charge < -0.3 is 9.47 Å². The van der Waals surface area contributed by atoms with Crippen molar-refractivity contribution in [2.75, 3.05) is 13.2 Å². The zero-order valence-corrected chi connectivity index (χ0v) is 26.7. The molecule has 0 amide bonds. The quantitative estimate of drug-likeness (QED) is 0.0736. The van der Waals surface area contributed by atoms with Gasteiger partial charge in [-0.2, -0.15) is 0 Å². The molecule has 4 aromatic rings. The molecule has 0 saturated carbocycles. The minimum Gasteiger partial charge on any atom is -0.463 e. The van der Waals surface area contributed by atoms with E-state index in [1.165, 1.54) is 38.6 Å². The van der Waals surface area contributed by atoms with E-state index in [9.17, 15) is 9.59 Å². The van der Waals surface area contributed by atoms with Gasteiger partial charge in [-0.05, 0) is 110 Å². The number of esters is 2. The number of carbonyl (C=O) groups is 2. The number of rotatable bonds is 11. The summed E-state index contributed by atoms with van der Waals surface area (Å²) in [5, 5.41) is 0. The normalized spacial score (nSPS) is 10.1. The molecule has 0 radical (unpaired) electrons. The molecule has 4 rings (SSSR count). The summed E-state index contributed by atoms with van der Waals surface area (Å²) in [5.41, 5.74) is 6.69. The SMILES string of the molecule is C=CC(=O)OCCCc1ccc(C#Cc2ccc(-c3c(C)cc(C#Cc4ccc(CCCOC(=O)C=C)s4)cc3C)cc2)s1. The molecule has 2 aromatic heterocycles. The molecule has 2 aromatic carbocycles. The highest BCUT2D eigenvalue weighted by atomic mass is 32.1. The molecule has 0 N–H and O–H groups in total. The summed E-state index contributed by atoms with van der Waals surface area (Å²) >= 11 is 3.34. The Labute approximate surface area is 268 Å². The van der Waals surface area contributed by atoms with E-state index in [-0.39, 0.29) is 11.9 Å². The Morgan fingerprint density at radius 3 is 1.64 bits per heavy atom. The van der Waals surface area contributed by atoms with E-state index in [0.29, 0.717) is 13.2 Å². The molecule has 222 valence electrons. The number of thiophene rings is 2. The smallest absolute Gasteiger partial charge is 0.330 e. The van der Waals surface area contributed by atoms with Gasteiger partial charge in [0.1, 0.15) is 0 Å². The van der Waals surface area contributed by atoms with Gasteiger partial charge in [-0.1, -0.05) is 49.0 Å². The number of aryl methyl sites for hydroxylation is 4. The van der Waals surface area contributed by atoms with Crippen molar-refractivity contribution in [1.29, 1.82) is 0 Å². The number of carbonyl (C=O) groups excluding carboxylic acids is 2. The molecule has 0 atom stereocenters. The Morgan fingerprint density at radius 2 is 1.16 bits per heavy atom. The number of ether oxygens (including phenoxy) is 2. The molecule has 0 aliphatic carbocycles. The molecular weight excluding hydrogens is 585 g/mol. The van der Waals surface area contributed by atoms with Gasteiger partial charge >= 0.3 is 11.9 Å². The second kappa shape index (κ2) is 16.3. The van der Waals surface area contributed by atoms with E-state index < -0.39 is 0 Å². The second-order valence-corrected chi connectivity index (χ2v) is 12.4. The topological polar surface area (TPSA) is 52.6 Å². The molecule has 0 unspecified atom stereocenters. The summed E-state index contributed by atoms with van der Waals surface area (Å²) in [4.78, 5) is 26.8. The highest BCUT2D eigenvalue weighted by Crippen LogP contribution is 2.29. The maximum Gasteiger partial charge on any atom is 0.330 e. The summed E-state index contributed by atoms with van der Waals surface area (Å²) in [6.07, 6.45) is 5.61. The predicted molar refractivity (Wildman–Crippen MR) is 181 cm³/mol. The number of benzene rings is 2. The highest BCUT2D eigenvalue weighted by Gasteiger charge is 2.08. The van der Waals surface area contributed by atoms with Gasteiger partial charge in [0, 0.05) is 33.0 Å². The van der Waals surface area contributed by atoms with Crippen molar-refractivity contribution in [2.45, 2.75) is 39.5 Å². The molecule has 0 bridgehead atoms. The molecule has 0 saturated heterocycles. The van der Waals surface area contributed by atoms with Crippen LogP contribution < -0.4 is 0 Å². The lowest BCUT2D eigenvalue weighted by atomic mass is 9.93. The summed E-state index contributed by atoms with van der Waals surface area (Å²) in [6, 6.07) is 20.9. The van der Waals surface area contributed by atoms with E-state index in [0.717, 1.165) is 52.1 Å². The third-order valence-electron chi connectivity index (χ3n) is 6.65. The average Bonchev–Trinajstić information content (AvgIpc) is 3.68. The second-order valence-electron chi connectivity index (χ2n) is 10.0. The standard InChI is InChI=1S/C38H34O4S2/c1-5-36(39)41-23-7-9-32-19-21-34(43-32)17-13-29-11-15-31(16-12-29)38-27(3)25-30(26-28(38)4)14-18-35-22-20-33(44-35)10-8-24-42-37(40)6-2/h5-6,11-12,15-16,19-22,25-26H,1-2,7-10,23-24H2,3-4H3. The van der Waals surface area contributed by atoms with Gasteiger partial charge in [-0.15, -0.1) is 22.7 Å². The largest absolute Gasteiger partial charge is 0.463 e. The molecule has 0 aliphatic heterocycles. The van der Waals surface area contributed by atoms with Crippen LogP contribution in [0.4, 0.5) is 0 Å². The molecule has 0 fully saturated rings. The van der Waals surface area contributed by atoms with E-state index in [2.05, 4.69) is 99.2 Å². The summed E-state index contributed by atoms with van der Waals surface area (Å²) in [7, 11) is 0. The first kappa shape index (κ1) is 32.3. The molecule has 0 aliphatic rings. The first-order valence-electron chi connectivity index (χ1n) is 14.4. The van der Waals surface area contributed by atoms with E-state index in [4.69, 9.17) is 9.47 Å². The van der Waals surface area contributed by atoms with Gasteiger partial charge in [-0.25, -0.2) is 9.59 Å². The fraction of sp³-hybridized carbons (Fsp3) is 0.211. The summed E-state index contributed by atoms with van der Waals surface area (Å²) in [6.45, 7) is 11.8. The lowest BCUT2D eigenvalue weighted by Gasteiger charge is -2.11. The Balaban J connectivity index is 1.34. The van der Waals surface area contributed by atoms with Crippen LogP contribution in [0.5, 0.6) is 0 Å². The molecule has 4 nitrogen and oxygen atoms in total. The number of hydrogen-bond donors (Lipinski definition) is 0. The maximum absolute atomic E-state index is 11.2. The van der Waals surface area contributed by atoms with E-state index in [1.54, 1.807) is 22.7 Å². The first-order valence-corrected chi connectivity index (χ1v) is 16.0. The predicted octanol–water partition coefficient (Wildman–Crippen LogP) is 8.22. The third-order valence-corrected chi connectivity index (χ3v) is 8.77. The molecule has 44 heavy (non-hydrogen) atoms. The van der Waals surface area contributed by atoms with E-state index in [1.807, 2.05) is 12.1 Å². The van der Waals surface area contributed by atoms with Crippen LogP contribution in [0.3, 0.4) is 0 Å². The minimum absolute atomic E-state index is 0.384. The van der Waals surface area contributed by atoms with Crippen LogP contribution in [0.15, 0.2) is 86.0 Å². The fourth-order valence-electron chi connectivity index (χ4n) is 4.59. The van der Waals surface area contributed by atoms with Crippen molar-refractivity contribution < 1.29 is 19.1 Å². The minimum atomic E-state index is -0.384. The van der Waals surface area contributed by atoms with Crippen molar-refractivity contribution >= 4 is 34.6 Å². The van der Waals surface area contributed by atoms with Gasteiger partial charge in [0.2, 0.25) is 0 Å². The van der Waals surface area contributed by atoms with Gasteiger partial charge in [0.15, 0.2) is 0 Å². The summed E-state index contributed by atoms with van der Waals surface area (Å²) < 4.78 is 10.1. The van der Waals surface area contributed by atoms with Crippen LogP contribution in [0.1, 0.15) is 54.6 Å². The monoisotopic (exact) mass is 618 g/mol. The van der Waals surface area contributed by atoms with Crippen molar-refractivity contribution in [3.8, 4) is 34.8 Å².